The fourth-order valence-corrected chi connectivity index (χ4v) is 0.741. The summed E-state index contributed by atoms with van der Waals surface area (Å²) in [5.74, 6) is 1.02. The maximum absolute atomic E-state index is 4.96. The molecule has 19 heavy (non-hydrogen) atoms. The van der Waals surface area contributed by atoms with E-state index >= 15 is 0 Å². The minimum atomic E-state index is -1.16. The molecule has 0 fully saturated rings. The van der Waals surface area contributed by atoms with Crippen LogP contribution in [0.15, 0.2) is 0 Å². The average molecular weight is 278 g/mol. The molecular weight excluding hydrogens is 251 g/mol. The first-order valence-electron chi connectivity index (χ1n) is 6.76. The van der Waals surface area contributed by atoms with E-state index in [4.69, 9.17) is 29.1 Å². The van der Waals surface area contributed by atoms with Crippen molar-refractivity contribution in [1.29, 1.82) is 0 Å². The van der Waals surface area contributed by atoms with Gasteiger partial charge in [-0.3, -0.25) is 0 Å². The Morgan fingerprint density at radius 1 is 0.579 bits per heavy atom. The van der Waals surface area contributed by atoms with Crippen LogP contribution in [-0.2, 0) is 29.1 Å². The SMILES string of the molecule is CC(C)COOB(OOCC(C)C)OOCC(C)C. The summed E-state index contributed by atoms with van der Waals surface area (Å²) in [4.78, 5) is 29.7. The molecule has 0 unspecified atom stereocenters. The quantitative estimate of drug-likeness (QED) is 0.311. The molecule has 0 heterocycles. The van der Waals surface area contributed by atoms with Gasteiger partial charge in [0.1, 0.15) is 0 Å². The van der Waals surface area contributed by atoms with E-state index in [-0.39, 0.29) is 0 Å². The molecule has 0 atom stereocenters. The first kappa shape index (κ1) is 18.8. The Kier molecular flexibility index (Phi) is 11.5. The first-order valence-corrected chi connectivity index (χ1v) is 6.76. The number of hydrogen-bond acceptors (Lipinski definition) is 6. The van der Waals surface area contributed by atoms with Crippen LogP contribution in [0.3, 0.4) is 0 Å². The van der Waals surface area contributed by atoms with Gasteiger partial charge >= 0.3 is 7.32 Å². The Morgan fingerprint density at radius 3 is 1.05 bits per heavy atom. The summed E-state index contributed by atoms with van der Waals surface area (Å²) in [6.07, 6.45) is 0. The molecule has 0 aromatic carbocycles. The molecule has 0 bridgehead atoms. The summed E-state index contributed by atoms with van der Waals surface area (Å²) in [6.45, 7) is 13.3. The molecule has 114 valence electrons. The van der Waals surface area contributed by atoms with Gasteiger partial charge in [0, 0.05) is 0 Å². The summed E-state index contributed by atoms with van der Waals surface area (Å²) in [6, 6.07) is 0. The van der Waals surface area contributed by atoms with Gasteiger partial charge < -0.3 is 0 Å². The van der Waals surface area contributed by atoms with Crippen LogP contribution in [0.4, 0.5) is 0 Å². The third-order valence-electron chi connectivity index (χ3n) is 1.64. The average Bonchev–Trinajstić information content (AvgIpc) is 2.26. The van der Waals surface area contributed by atoms with E-state index < -0.39 is 7.32 Å². The highest BCUT2D eigenvalue weighted by atomic mass is 17.3. The zero-order chi connectivity index (χ0) is 14.7. The molecule has 0 spiro atoms. The number of rotatable bonds is 12. The van der Waals surface area contributed by atoms with E-state index in [1.54, 1.807) is 0 Å². The van der Waals surface area contributed by atoms with E-state index in [2.05, 4.69) is 0 Å². The van der Waals surface area contributed by atoms with Gasteiger partial charge in [-0.15, -0.1) is 0 Å². The molecule has 0 amide bonds. The molecule has 0 aromatic heterocycles. The molecule has 0 aliphatic carbocycles. The molecule has 0 saturated carbocycles. The third kappa shape index (κ3) is 14.0. The third-order valence-corrected chi connectivity index (χ3v) is 1.64. The maximum Gasteiger partial charge on any atom is 0.725 e. The van der Waals surface area contributed by atoms with Crippen LogP contribution in [0.1, 0.15) is 41.5 Å². The van der Waals surface area contributed by atoms with Crippen molar-refractivity contribution in [2.24, 2.45) is 17.8 Å². The van der Waals surface area contributed by atoms with Gasteiger partial charge in [-0.2, -0.15) is 0 Å². The van der Waals surface area contributed by atoms with Gasteiger partial charge in [0.15, 0.2) is 0 Å². The second-order valence-electron chi connectivity index (χ2n) is 5.61. The Bertz CT molecular complexity index is 167. The molecule has 0 aromatic rings. The van der Waals surface area contributed by atoms with Gasteiger partial charge in [0.05, 0.1) is 19.8 Å². The summed E-state index contributed by atoms with van der Waals surface area (Å²) in [5, 5.41) is 0. The van der Waals surface area contributed by atoms with Gasteiger partial charge in [-0.05, 0) is 17.8 Å². The molecule has 0 aliphatic rings. The smallest absolute Gasteiger partial charge is 0.247 e. The largest absolute Gasteiger partial charge is 0.725 e. The van der Waals surface area contributed by atoms with Crippen LogP contribution in [-0.4, -0.2) is 27.1 Å². The topological polar surface area (TPSA) is 55.4 Å². The fourth-order valence-electron chi connectivity index (χ4n) is 0.741. The molecular formula is C12H27BO6. The zero-order valence-corrected chi connectivity index (χ0v) is 12.9. The van der Waals surface area contributed by atoms with E-state index in [0.29, 0.717) is 37.6 Å². The van der Waals surface area contributed by atoms with E-state index in [0.717, 1.165) is 0 Å². The van der Waals surface area contributed by atoms with Crippen molar-refractivity contribution in [3.05, 3.63) is 0 Å². The highest BCUT2D eigenvalue weighted by Gasteiger charge is 2.27. The molecule has 0 aliphatic heterocycles. The van der Waals surface area contributed by atoms with Crippen molar-refractivity contribution in [2.75, 3.05) is 19.8 Å². The second kappa shape index (κ2) is 11.6. The van der Waals surface area contributed by atoms with Crippen molar-refractivity contribution in [2.45, 2.75) is 41.5 Å². The lowest BCUT2D eigenvalue weighted by Crippen LogP contribution is -2.29. The Morgan fingerprint density at radius 2 is 0.842 bits per heavy atom. The normalized spacial score (nSPS) is 11.8. The van der Waals surface area contributed by atoms with Crippen LogP contribution in [0.25, 0.3) is 0 Å². The molecule has 7 heteroatoms. The first-order chi connectivity index (χ1) is 8.91. The highest BCUT2D eigenvalue weighted by molar-refractivity contribution is 6.35. The minimum absolute atomic E-state index is 0.341. The van der Waals surface area contributed by atoms with E-state index in [9.17, 15) is 0 Å². The van der Waals surface area contributed by atoms with E-state index in [1.165, 1.54) is 0 Å². The lowest BCUT2D eigenvalue weighted by Gasteiger charge is -2.14. The molecule has 6 nitrogen and oxygen atoms in total. The predicted octanol–water partition coefficient (Wildman–Crippen LogP) is 2.78. The standard InChI is InChI=1S/C12H27BO6/c1-10(2)7-14-17-13(18-15-8-11(3)4)19-16-9-12(5)6/h10-12H,7-9H2,1-6H3. The van der Waals surface area contributed by atoms with Gasteiger partial charge in [-0.25, -0.2) is 29.1 Å². The maximum atomic E-state index is 4.96. The second-order valence-corrected chi connectivity index (χ2v) is 5.61. The molecule has 0 radical (unpaired) electrons. The van der Waals surface area contributed by atoms with Crippen molar-refractivity contribution >= 4 is 7.32 Å². The van der Waals surface area contributed by atoms with Crippen molar-refractivity contribution in [1.82, 2.24) is 0 Å². The predicted molar refractivity (Wildman–Crippen MR) is 71.4 cm³/mol. The Hall–Kier alpha value is -0.175. The molecule has 0 saturated heterocycles. The van der Waals surface area contributed by atoms with Crippen molar-refractivity contribution in [3.63, 3.8) is 0 Å². The van der Waals surface area contributed by atoms with Gasteiger partial charge in [-0.1, -0.05) is 41.5 Å². The van der Waals surface area contributed by atoms with Crippen molar-refractivity contribution < 1.29 is 29.1 Å². The van der Waals surface area contributed by atoms with Crippen LogP contribution in [0, 0.1) is 17.8 Å². The van der Waals surface area contributed by atoms with Crippen molar-refractivity contribution in [3.8, 4) is 0 Å². The minimum Gasteiger partial charge on any atom is -0.247 e. The highest BCUT2D eigenvalue weighted by Crippen LogP contribution is 2.03. The Labute approximate surface area is 116 Å². The zero-order valence-electron chi connectivity index (χ0n) is 12.9. The summed E-state index contributed by atoms with van der Waals surface area (Å²) < 4.78 is 0. The van der Waals surface area contributed by atoms with Crippen LogP contribution in [0.2, 0.25) is 0 Å². The summed E-state index contributed by atoms with van der Waals surface area (Å²) >= 11 is 0. The number of hydrogen-bond donors (Lipinski definition) is 0. The lowest BCUT2D eigenvalue weighted by atomic mass is 10.2. The summed E-state index contributed by atoms with van der Waals surface area (Å²) in [5.41, 5.74) is 0. The lowest BCUT2D eigenvalue weighted by molar-refractivity contribution is -0.352. The Balaban J connectivity index is 3.85. The van der Waals surface area contributed by atoms with Crippen LogP contribution in [0.5, 0.6) is 0 Å². The van der Waals surface area contributed by atoms with Crippen LogP contribution >= 0.6 is 0 Å². The van der Waals surface area contributed by atoms with Gasteiger partial charge in [0.2, 0.25) is 0 Å². The summed E-state index contributed by atoms with van der Waals surface area (Å²) in [7, 11) is -1.16. The van der Waals surface area contributed by atoms with Crippen LogP contribution < -0.4 is 0 Å². The molecule has 0 rings (SSSR count). The monoisotopic (exact) mass is 278 g/mol. The van der Waals surface area contributed by atoms with Gasteiger partial charge in [0.25, 0.3) is 0 Å². The van der Waals surface area contributed by atoms with E-state index in [1.807, 2.05) is 41.5 Å². The fraction of sp³-hybridized carbons (Fsp3) is 1.00. The molecule has 0 N–H and O–H groups in total.